The van der Waals surface area contributed by atoms with Crippen molar-refractivity contribution in [3.05, 3.63) is 91.4 Å². The molecule has 0 unspecified atom stereocenters. The highest BCUT2D eigenvalue weighted by Gasteiger charge is 2.12. The minimum absolute atomic E-state index is 0.325. The molecule has 0 fully saturated rings. The van der Waals surface area contributed by atoms with Gasteiger partial charge in [0.2, 0.25) is 0 Å². The van der Waals surface area contributed by atoms with Gasteiger partial charge in [0.15, 0.2) is 11.5 Å². The summed E-state index contributed by atoms with van der Waals surface area (Å²) >= 11 is 24.8. The van der Waals surface area contributed by atoms with Crippen LogP contribution in [0.25, 0.3) is 0 Å². The van der Waals surface area contributed by atoms with Crippen LogP contribution in [0, 0.1) is 0 Å². The number of rotatable bonds is 9. The van der Waals surface area contributed by atoms with Crippen molar-refractivity contribution in [2.75, 3.05) is 13.7 Å². The zero-order chi connectivity index (χ0) is 21.5. The lowest BCUT2D eigenvalue weighted by atomic mass is 10.1. The second-order valence-electron chi connectivity index (χ2n) is 6.64. The van der Waals surface area contributed by atoms with Crippen LogP contribution in [0.5, 0.6) is 11.5 Å². The quantitative estimate of drug-likeness (QED) is 0.325. The Balaban J connectivity index is 1.60. The lowest BCUT2D eigenvalue weighted by Crippen LogP contribution is -2.17. The van der Waals surface area contributed by atoms with Crippen LogP contribution in [0.1, 0.15) is 16.7 Å². The second-order valence-corrected chi connectivity index (χ2v) is 8.30. The van der Waals surface area contributed by atoms with Gasteiger partial charge in [0, 0.05) is 38.3 Å². The molecule has 0 aromatic heterocycles. The molecule has 3 rings (SSSR count). The zero-order valence-corrected chi connectivity index (χ0v) is 19.4. The fourth-order valence-electron chi connectivity index (χ4n) is 2.93. The van der Waals surface area contributed by atoms with Gasteiger partial charge in [-0.2, -0.15) is 0 Å². The predicted octanol–water partition coefficient (Wildman–Crippen LogP) is 7.22. The van der Waals surface area contributed by atoms with Gasteiger partial charge in [-0.3, -0.25) is 0 Å². The summed E-state index contributed by atoms with van der Waals surface area (Å²) in [4.78, 5) is 0. The van der Waals surface area contributed by atoms with Crippen LogP contribution in [-0.2, 0) is 19.6 Å². The molecule has 0 amide bonds. The number of benzene rings is 3. The van der Waals surface area contributed by atoms with Gasteiger partial charge in [0.05, 0.1) is 7.11 Å². The van der Waals surface area contributed by atoms with E-state index in [-0.39, 0.29) is 0 Å². The van der Waals surface area contributed by atoms with E-state index in [4.69, 9.17) is 55.9 Å². The minimum atomic E-state index is 0.325. The molecule has 30 heavy (non-hydrogen) atoms. The number of hydrogen-bond donors (Lipinski definition) is 1. The molecule has 3 aromatic carbocycles. The summed E-state index contributed by atoms with van der Waals surface area (Å²) in [6.45, 7) is 1.65. The molecular formula is C23H21Cl4NO2. The Morgan fingerprint density at radius 3 is 2.27 bits per heavy atom. The van der Waals surface area contributed by atoms with Crippen molar-refractivity contribution in [2.24, 2.45) is 0 Å². The Hall–Kier alpha value is -1.62. The summed E-state index contributed by atoms with van der Waals surface area (Å²) < 4.78 is 11.4. The van der Waals surface area contributed by atoms with E-state index < -0.39 is 0 Å². The van der Waals surface area contributed by atoms with Crippen LogP contribution in [0.15, 0.2) is 54.6 Å². The third-order valence-electron chi connectivity index (χ3n) is 4.58. The van der Waals surface area contributed by atoms with E-state index in [1.54, 1.807) is 19.2 Å². The van der Waals surface area contributed by atoms with Gasteiger partial charge >= 0.3 is 0 Å². The Kier molecular flexibility index (Phi) is 8.55. The van der Waals surface area contributed by atoms with E-state index in [0.29, 0.717) is 44.7 Å². The maximum Gasteiger partial charge on any atom is 0.163 e. The Labute approximate surface area is 196 Å². The fourth-order valence-corrected chi connectivity index (χ4v) is 3.84. The van der Waals surface area contributed by atoms with Gasteiger partial charge < -0.3 is 14.8 Å². The minimum Gasteiger partial charge on any atom is -0.493 e. The summed E-state index contributed by atoms with van der Waals surface area (Å²) in [5, 5.41) is 5.94. The Bertz CT molecular complexity index is 1010. The Morgan fingerprint density at radius 2 is 1.53 bits per heavy atom. The first-order valence-electron chi connectivity index (χ1n) is 9.35. The number of methoxy groups -OCH3 is 1. The highest BCUT2D eigenvalue weighted by Crippen LogP contribution is 2.34. The molecule has 3 aromatic rings. The molecule has 0 bridgehead atoms. The van der Waals surface area contributed by atoms with Crippen molar-refractivity contribution in [3.8, 4) is 11.5 Å². The van der Waals surface area contributed by atoms with Gasteiger partial charge in [-0.05, 0) is 48.4 Å². The van der Waals surface area contributed by atoms with Gasteiger partial charge in [-0.1, -0.05) is 70.7 Å². The van der Waals surface area contributed by atoms with E-state index in [1.165, 1.54) is 0 Å². The number of halogens is 4. The first kappa shape index (κ1) is 23.1. The van der Waals surface area contributed by atoms with Crippen LogP contribution < -0.4 is 14.8 Å². The molecule has 0 aliphatic carbocycles. The van der Waals surface area contributed by atoms with Crippen LogP contribution in [0.4, 0.5) is 0 Å². The van der Waals surface area contributed by atoms with Crippen LogP contribution in [0.2, 0.25) is 20.1 Å². The fraction of sp³-hybridized carbons (Fsp3) is 0.217. The summed E-state index contributed by atoms with van der Waals surface area (Å²) in [5.41, 5.74) is 2.85. The van der Waals surface area contributed by atoms with Gasteiger partial charge in [-0.15, -0.1) is 0 Å². The van der Waals surface area contributed by atoms with Crippen molar-refractivity contribution in [2.45, 2.75) is 19.6 Å². The summed E-state index contributed by atoms with van der Waals surface area (Å²) in [5.74, 6) is 1.18. The lowest BCUT2D eigenvalue weighted by molar-refractivity contribution is 0.284. The average molecular weight is 485 g/mol. The molecule has 0 saturated carbocycles. The number of hydrogen-bond acceptors (Lipinski definition) is 3. The molecule has 0 heterocycles. The summed E-state index contributed by atoms with van der Waals surface area (Å²) in [7, 11) is 1.60. The van der Waals surface area contributed by atoms with Gasteiger partial charge in [0.1, 0.15) is 6.61 Å². The van der Waals surface area contributed by atoms with Gasteiger partial charge in [-0.25, -0.2) is 0 Å². The second kappa shape index (κ2) is 11.1. The largest absolute Gasteiger partial charge is 0.493 e. The van der Waals surface area contributed by atoms with Crippen molar-refractivity contribution < 1.29 is 9.47 Å². The van der Waals surface area contributed by atoms with E-state index in [0.717, 1.165) is 29.7 Å². The maximum absolute atomic E-state index is 6.47. The Morgan fingerprint density at radius 1 is 0.767 bits per heavy atom. The average Bonchev–Trinajstić information content (AvgIpc) is 2.73. The van der Waals surface area contributed by atoms with Crippen molar-refractivity contribution >= 4 is 46.4 Å². The zero-order valence-electron chi connectivity index (χ0n) is 16.4. The maximum atomic E-state index is 6.47. The van der Waals surface area contributed by atoms with Gasteiger partial charge in [0.25, 0.3) is 0 Å². The van der Waals surface area contributed by atoms with Crippen LogP contribution in [-0.4, -0.2) is 13.7 Å². The standard InChI is InChI=1S/C23H21Cl4NO2/c1-29-22-10-17(13-28-9-8-15-6-7-18(24)11-20(15)26)21(27)12-23(22)30-14-16-4-2-3-5-19(16)25/h2-7,10-12,28H,8-9,13-14H2,1H3. The molecular weight excluding hydrogens is 464 g/mol. The van der Waals surface area contributed by atoms with Crippen molar-refractivity contribution in [3.63, 3.8) is 0 Å². The van der Waals surface area contributed by atoms with E-state index in [2.05, 4.69) is 5.32 Å². The molecule has 0 spiro atoms. The molecule has 0 aliphatic rings. The number of ether oxygens (including phenoxy) is 2. The third kappa shape index (κ3) is 6.19. The highest BCUT2D eigenvalue weighted by molar-refractivity contribution is 6.35. The molecule has 7 heteroatoms. The third-order valence-corrected chi connectivity index (χ3v) is 5.88. The molecule has 0 atom stereocenters. The van der Waals surface area contributed by atoms with Crippen molar-refractivity contribution in [1.29, 1.82) is 0 Å². The van der Waals surface area contributed by atoms with E-state index >= 15 is 0 Å². The summed E-state index contributed by atoms with van der Waals surface area (Å²) in [6.07, 6.45) is 0.782. The highest BCUT2D eigenvalue weighted by atomic mass is 35.5. The first-order valence-corrected chi connectivity index (χ1v) is 10.9. The van der Waals surface area contributed by atoms with E-state index in [9.17, 15) is 0 Å². The monoisotopic (exact) mass is 483 g/mol. The van der Waals surface area contributed by atoms with Crippen LogP contribution in [0.3, 0.4) is 0 Å². The molecule has 0 radical (unpaired) electrons. The molecule has 1 N–H and O–H groups in total. The van der Waals surface area contributed by atoms with Crippen molar-refractivity contribution in [1.82, 2.24) is 5.32 Å². The molecule has 0 aliphatic heterocycles. The van der Waals surface area contributed by atoms with E-state index in [1.807, 2.05) is 42.5 Å². The molecule has 0 saturated heterocycles. The SMILES string of the molecule is COc1cc(CNCCc2ccc(Cl)cc2Cl)c(Cl)cc1OCc1ccccc1Cl. The van der Waals surface area contributed by atoms with Crippen LogP contribution >= 0.6 is 46.4 Å². The normalized spacial score (nSPS) is 10.8. The number of nitrogens with one attached hydrogen (secondary N) is 1. The smallest absolute Gasteiger partial charge is 0.163 e. The topological polar surface area (TPSA) is 30.5 Å². The lowest BCUT2D eigenvalue weighted by Gasteiger charge is -2.15. The summed E-state index contributed by atoms with van der Waals surface area (Å²) in [6, 6.07) is 16.7. The first-order chi connectivity index (χ1) is 14.5. The predicted molar refractivity (Wildman–Crippen MR) is 126 cm³/mol. The molecule has 3 nitrogen and oxygen atoms in total. The molecule has 158 valence electrons.